The monoisotopic (exact) mass is 251 g/mol. The largest absolute Gasteiger partial charge is 0.463 e. The minimum absolute atomic E-state index is 0.231. The van der Waals surface area contributed by atoms with Crippen molar-refractivity contribution in [3.8, 4) is 0 Å². The maximum absolute atomic E-state index is 11.1. The van der Waals surface area contributed by atoms with Gasteiger partial charge in [-0.15, -0.1) is 0 Å². The minimum Gasteiger partial charge on any atom is -0.463 e. The molecule has 3 nitrogen and oxygen atoms in total. The highest BCUT2D eigenvalue weighted by molar-refractivity contribution is 5.81. The molecule has 0 aromatic heterocycles. The average molecular weight is 251 g/mol. The molecule has 2 bridgehead atoms. The van der Waals surface area contributed by atoms with E-state index in [0.29, 0.717) is 6.61 Å². The topological polar surface area (TPSA) is 29.5 Å². The van der Waals surface area contributed by atoms with E-state index in [9.17, 15) is 4.79 Å². The van der Waals surface area contributed by atoms with E-state index in [4.69, 9.17) is 4.74 Å². The highest BCUT2D eigenvalue weighted by Crippen LogP contribution is 2.48. The number of nitrogens with zero attached hydrogens (tertiary/aromatic N) is 1. The van der Waals surface area contributed by atoms with Gasteiger partial charge >= 0.3 is 5.97 Å². The number of likely N-dealkylation sites (N-methyl/N-ethyl adjacent to an activating group) is 1. The molecule has 3 atom stereocenters. The molecule has 0 heterocycles. The van der Waals surface area contributed by atoms with Crippen LogP contribution < -0.4 is 0 Å². The van der Waals surface area contributed by atoms with Crippen LogP contribution in [0.2, 0.25) is 0 Å². The summed E-state index contributed by atoms with van der Waals surface area (Å²) in [5.74, 6) is 2.66. The summed E-state index contributed by atoms with van der Waals surface area (Å²) in [4.78, 5) is 13.5. The third-order valence-electron chi connectivity index (χ3n) is 4.39. The average Bonchev–Trinajstić information content (AvgIpc) is 2.91. The number of rotatable bonds is 6. The van der Waals surface area contributed by atoms with Crippen LogP contribution in [0.4, 0.5) is 0 Å². The molecule has 102 valence electrons. The molecular formula is C15H25NO2. The number of ether oxygens (including phenoxy) is 1. The molecule has 0 N–H and O–H groups in total. The summed E-state index contributed by atoms with van der Waals surface area (Å²) in [7, 11) is 2.14. The van der Waals surface area contributed by atoms with E-state index in [1.54, 1.807) is 6.08 Å². The van der Waals surface area contributed by atoms with Gasteiger partial charge < -0.3 is 9.64 Å². The smallest absolute Gasteiger partial charge is 0.330 e. The van der Waals surface area contributed by atoms with Crippen molar-refractivity contribution in [3.05, 3.63) is 12.2 Å². The maximum atomic E-state index is 11.1. The normalized spacial score (nSPS) is 30.5. The van der Waals surface area contributed by atoms with E-state index in [1.807, 2.05) is 13.0 Å². The summed E-state index contributed by atoms with van der Waals surface area (Å²) in [6.45, 7) is 4.29. The number of carbonyl (C=O) groups excluding carboxylic acids is 1. The predicted molar refractivity (Wildman–Crippen MR) is 72.2 cm³/mol. The summed E-state index contributed by atoms with van der Waals surface area (Å²) in [6, 6.07) is 0. The van der Waals surface area contributed by atoms with Gasteiger partial charge in [0.15, 0.2) is 0 Å². The molecule has 18 heavy (non-hydrogen) atoms. The Morgan fingerprint density at radius 1 is 1.39 bits per heavy atom. The van der Waals surface area contributed by atoms with Crippen LogP contribution in [0.15, 0.2) is 12.2 Å². The predicted octanol–water partition coefficient (Wildman–Crippen LogP) is 2.47. The van der Waals surface area contributed by atoms with E-state index in [2.05, 4.69) is 11.9 Å². The number of hydrogen-bond donors (Lipinski definition) is 0. The van der Waals surface area contributed by atoms with E-state index in [0.717, 1.165) is 24.3 Å². The van der Waals surface area contributed by atoms with Gasteiger partial charge in [-0.1, -0.05) is 12.5 Å². The molecule has 2 fully saturated rings. The molecule has 0 saturated heterocycles. The molecule has 2 saturated carbocycles. The SMILES string of the molecule is CCOC(=O)/C=C/CN(C)CC1CC2CCC1C2. The van der Waals surface area contributed by atoms with Crippen molar-refractivity contribution >= 4 is 5.97 Å². The van der Waals surface area contributed by atoms with Crippen LogP contribution in [0, 0.1) is 17.8 Å². The van der Waals surface area contributed by atoms with E-state index < -0.39 is 0 Å². The van der Waals surface area contributed by atoms with Gasteiger partial charge in [0.1, 0.15) is 0 Å². The lowest BCUT2D eigenvalue weighted by molar-refractivity contribution is -0.137. The second-order valence-electron chi connectivity index (χ2n) is 5.81. The van der Waals surface area contributed by atoms with Crippen LogP contribution in [0.5, 0.6) is 0 Å². The first-order chi connectivity index (χ1) is 8.69. The quantitative estimate of drug-likeness (QED) is 0.536. The van der Waals surface area contributed by atoms with Crippen molar-refractivity contribution in [1.29, 1.82) is 0 Å². The fraction of sp³-hybridized carbons (Fsp3) is 0.800. The molecule has 2 rings (SSSR count). The van der Waals surface area contributed by atoms with Crippen LogP contribution in [-0.4, -0.2) is 37.6 Å². The van der Waals surface area contributed by atoms with Crippen molar-refractivity contribution in [2.45, 2.75) is 32.6 Å². The minimum atomic E-state index is -0.231. The fourth-order valence-electron chi connectivity index (χ4n) is 3.59. The van der Waals surface area contributed by atoms with E-state index in [-0.39, 0.29) is 5.97 Å². The van der Waals surface area contributed by atoms with Crippen molar-refractivity contribution in [1.82, 2.24) is 4.90 Å². The zero-order valence-electron chi connectivity index (χ0n) is 11.6. The van der Waals surface area contributed by atoms with Gasteiger partial charge in [0.25, 0.3) is 0 Å². The second-order valence-corrected chi connectivity index (χ2v) is 5.81. The van der Waals surface area contributed by atoms with E-state index in [1.165, 1.54) is 32.2 Å². The highest BCUT2D eigenvalue weighted by Gasteiger charge is 2.39. The molecule has 3 heteroatoms. The molecule has 0 aromatic carbocycles. The summed E-state index contributed by atoms with van der Waals surface area (Å²) >= 11 is 0. The lowest BCUT2D eigenvalue weighted by Crippen LogP contribution is -2.28. The molecule has 2 aliphatic rings. The summed E-state index contributed by atoms with van der Waals surface area (Å²) in [6.07, 6.45) is 9.26. The molecular weight excluding hydrogens is 226 g/mol. The van der Waals surface area contributed by atoms with Gasteiger partial charge in [0.2, 0.25) is 0 Å². The number of fused-ring (bicyclic) bond motifs is 2. The van der Waals surface area contributed by atoms with Crippen molar-refractivity contribution < 1.29 is 9.53 Å². The Bertz CT molecular complexity index is 314. The second kappa shape index (κ2) is 6.37. The van der Waals surface area contributed by atoms with Crippen LogP contribution >= 0.6 is 0 Å². The van der Waals surface area contributed by atoms with Crippen molar-refractivity contribution in [3.63, 3.8) is 0 Å². The van der Waals surface area contributed by atoms with Gasteiger partial charge in [-0.2, -0.15) is 0 Å². The lowest BCUT2D eigenvalue weighted by Gasteiger charge is -2.26. The first kappa shape index (κ1) is 13.6. The first-order valence-corrected chi connectivity index (χ1v) is 7.21. The Balaban J connectivity index is 1.66. The van der Waals surface area contributed by atoms with Crippen molar-refractivity contribution in [2.24, 2.45) is 17.8 Å². The van der Waals surface area contributed by atoms with Gasteiger partial charge in [-0.3, -0.25) is 0 Å². The van der Waals surface area contributed by atoms with Crippen LogP contribution in [0.25, 0.3) is 0 Å². The summed E-state index contributed by atoms with van der Waals surface area (Å²) in [5, 5.41) is 0. The third-order valence-corrected chi connectivity index (χ3v) is 4.39. The Hall–Kier alpha value is -0.830. The van der Waals surface area contributed by atoms with Gasteiger partial charge in [-0.25, -0.2) is 4.79 Å². The van der Waals surface area contributed by atoms with Crippen LogP contribution in [0.1, 0.15) is 32.6 Å². The Morgan fingerprint density at radius 3 is 2.83 bits per heavy atom. The number of hydrogen-bond acceptors (Lipinski definition) is 3. The maximum Gasteiger partial charge on any atom is 0.330 e. The summed E-state index contributed by atoms with van der Waals surface area (Å²) < 4.78 is 4.85. The highest BCUT2D eigenvalue weighted by atomic mass is 16.5. The zero-order chi connectivity index (χ0) is 13.0. The standard InChI is InChI=1S/C15H25NO2/c1-3-18-15(17)5-4-8-16(2)11-14-10-12-6-7-13(14)9-12/h4-5,12-14H,3,6-11H2,1-2H3/b5-4+. The number of esters is 1. The molecule has 0 spiro atoms. The van der Waals surface area contributed by atoms with Crippen LogP contribution in [-0.2, 0) is 9.53 Å². The number of carbonyl (C=O) groups is 1. The summed E-state index contributed by atoms with van der Waals surface area (Å²) in [5.41, 5.74) is 0. The van der Waals surface area contributed by atoms with Gasteiger partial charge in [0, 0.05) is 19.2 Å². The van der Waals surface area contributed by atoms with Gasteiger partial charge in [-0.05, 0) is 51.0 Å². The Kier molecular flexibility index (Phi) is 4.81. The zero-order valence-corrected chi connectivity index (χ0v) is 11.6. The lowest BCUT2D eigenvalue weighted by atomic mass is 9.88. The van der Waals surface area contributed by atoms with Gasteiger partial charge in [0.05, 0.1) is 6.61 Å². The first-order valence-electron chi connectivity index (χ1n) is 7.21. The Labute approximate surface area is 110 Å². The van der Waals surface area contributed by atoms with Crippen molar-refractivity contribution in [2.75, 3.05) is 26.7 Å². The molecule has 0 aliphatic heterocycles. The molecule has 0 aromatic rings. The fourth-order valence-corrected chi connectivity index (χ4v) is 3.59. The van der Waals surface area contributed by atoms with Crippen LogP contribution in [0.3, 0.4) is 0 Å². The molecule has 2 aliphatic carbocycles. The third kappa shape index (κ3) is 3.58. The molecule has 0 radical (unpaired) electrons. The molecule has 0 amide bonds. The molecule has 3 unspecified atom stereocenters. The Morgan fingerprint density at radius 2 is 2.22 bits per heavy atom. The van der Waals surface area contributed by atoms with E-state index >= 15 is 0 Å².